The van der Waals surface area contributed by atoms with Crippen LogP contribution in [0.4, 0.5) is 14.6 Å². The molecule has 0 unspecified atom stereocenters. The average molecular weight is 465 g/mol. The van der Waals surface area contributed by atoms with Crippen molar-refractivity contribution < 1.29 is 13.5 Å². The van der Waals surface area contributed by atoms with Gasteiger partial charge in [0.25, 0.3) is 0 Å². The van der Waals surface area contributed by atoms with Crippen LogP contribution in [-0.4, -0.2) is 28.6 Å². The lowest BCUT2D eigenvalue weighted by Crippen LogP contribution is -2.07. The second-order valence-corrected chi connectivity index (χ2v) is 8.96. The third kappa shape index (κ3) is 3.80. The first-order valence-electron chi connectivity index (χ1n) is 10.5. The summed E-state index contributed by atoms with van der Waals surface area (Å²) in [6.45, 7) is 4.58. The summed E-state index contributed by atoms with van der Waals surface area (Å²) in [7, 11) is 1.57. The van der Waals surface area contributed by atoms with E-state index in [-0.39, 0.29) is 11.6 Å². The molecule has 33 heavy (non-hydrogen) atoms. The Morgan fingerprint density at radius 1 is 1.09 bits per heavy atom. The molecule has 0 saturated heterocycles. The number of fused-ring (bicyclic) bond motifs is 2. The van der Waals surface area contributed by atoms with Gasteiger partial charge in [0.1, 0.15) is 29.5 Å². The number of H-pyrrole nitrogens is 1. The molecule has 3 aromatic heterocycles. The number of aromatic amines is 1. The Bertz CT molecular complexity index is 1490. The van der Waals surface area contributed by atoms with Gasteiger partial charge in [-0.15, -0.1) is 11.3 Å². The number of anilines is 1. The SMILES string of the molecule is COc1ccc(F)cc1-c1cc2ncnc(NCCc3c(C)[nH]c4c(F)ccc(C)c34)c2s1. The highest BCUT2D eigenvalue weighted by Gasteiger charge is 2.16. The zero-order valence-electron chi connectivity index (χ0n) is 18.4. The van der Waals surface area contributed by atoms with E-state index in [1.54, 1.807) is 13.2 Å². The minimum absolute atomic E-state index is 0.241. The molecule has 2 aromatic carbocycles. The first kappa shape index (κ1) is 21.3. The monoisotopic (exact) mass is 464 g/mol. The van der Waals surface area contributed by atoms with Gasteiger partial charge >= 0.3 is 0 Å². The van der Waals surface area contributed by atoms with E-state index in [0.717, 1.165) is 37.3 Å². The zero-order chi connectivity index (χ0) is 23.1. The van der Waals surface area contributed by atoms with Gasteiger partial charge in [0.05, 0.1) is 22.8 Å². The number of benzene rings is 2. The number of thiophene rings is 1. The standard InChI is InChI=1S/C25H22F2N4OS/c1-13-4-6-18(27)23-22(13)16(14(2)31-23)8-9-28-25-24-19(29-12-30-25)11-21(33-24)17-10-15(26)5-7-20(17)32-3/h4-7,10-12,31H,8-9H2,1-3H3,(H,28,29,30). The van der Waals surface area contributed by atoms with Crippen molar-refractivity contribution in [2.45, 2.75) is 20.3 Å². The number of aryl methyl sites for hydroxylation is 2. The van der Waals surface area contributed by atoms with E-state index in [4.69, 9.17) is 4.74 Å². The molecule has 0 saturated carbocycles. The van der Waals surface area contributed by atoms with Crippen LogP contribution in [0.15, 0.2) is 42.7 Å². The predicted octanol–water partition coefficient (Wildman–Crippen LogP) is 6.40. The van der Waals surface area contributed by atoms with E-state index in [9.17, 15) is 8.78 Å². The quantitative estimate of drug-likeness (QED) is 0.305. The predicted molar refractivity (Wildman–Crippen MR) is 129 cm³/mol. The molecule has 0 amide bonds. The second-order valence-electron chi connectivity index (χ2n) is 7.91. The Kier molecular flexibility index (Phi) is 5.46. The molecule has 168 valence electrons. The van der Waals surface area contributed by atoms with Gasteiger partial charge in [-0.05, 0) is 61.7 Å². The van der Waals surface area contributed by atoms with Crippen molar-refractivity contribution in [3.05, 3.63) is 71.2 Å². The minimum atomic E-state index is -0.325. The summed E-state index contributed by atoms with van der Waals surface area (Å²) in [5.41, 5.74) is 5.11. The van der Waals surface area contributed by atoms with Crippen LogP contribution in [0.25, 0.3) is 31.6 Å². The minimum Gasteiger partial charge on any atom is -0.496 e. The smallest absolute Gasteiger partial charge is 0.147 e. The number of aromatic nitrogens is 3. The second kappa shape index (κ2) is 8.44. The lowest BCUT2D eigenvalue weighted by atomic mass is 10.0. The summed E-state index contributed by atoms with van der Waals surface area (Å²) in [6, 6.07) is 9.68. The molecule has 0 spiro atoms. The van der Waals surface area contributed by atoms with Crippen molar-refractivity contribution in [2.75, 3.05) is 19.0 Å². The highest BCUT2D eigenvalue weighted by molar-refractivity contribution is 7.22. The van der Waals surface area contributed by atoms with E-state index in [0.29, 0.717) is 35.6 Å². The Hall–Kier alpha value is -3.52. The molecule has 2 N–H and O–H groups in total. The van der Waals surface area contributed by atoms with Crippen molar-refractivity contribution in [3.8, 4) is 16.2 Å². The van der Waals surface area contributed by atoms with E-state index >= 15 is 0 Å². The fourth-order valence-corrected chi connectivity index (χ4v) is 5.34. The summed E-state index contributed by atoms with van der Waals surface area (Å²) in [5.74, 6) is 0.748. The summed E-state index contributed by atoms with van der Waals surface area (Å²) in [6.07, 6.45) is 2.22. The van der Waals surface area contributed by atoms with Crippen LogP contribution in [-0.2, 0) is 6.42 Å². The fraction of sp³-hybridized carbons (Fsp3) is 0.200. The number of halogens is 2. The maximum Gasteiger partial charge on any atom is 0.147 e. The molecule has 5 nitrogen and oxygen atoms in total. The summed E-state index contributed by atoms with van der Waals surface area (Å²) in [5, 5.41) is 4.35. The van der Waals surface area contributed by atoms with Crippen LogP contribution >= 0.6 is 11.3 Å². The van der Waals surface area contributed by atoms with Gasteiger partial charge in [-0.25, -0.2) is 18.7 Å². The molecule has 0 radical (unpaired) electrons. The van der Waals surface area contributed by atoms with Crippen molar-refractivity contribution in [2.24, 2.45) is 0 Å². The highest BCUT2D eigenvalue weighted by atomic mass is 32.1. The first-order valence-corrected chi connectivity index (χ1v) is 11.4. The molecule has 0 bridgehead atoms. The maximum absolute atomic E-state index is 14.2. The number of rotatable bonds is 6. The van der Waals surface area contributed by atoms with Crippen LogP contribution in [0.2, 0.25) is 0 Å². The summed E-state index contributed by atoms with van der Waals surface area (Å²) < 4.78 is 34.4. The van der Waals surface area contributed by atoms with Gasteiger partial charge in [-0.3, -0.25) is 0 Å². The van der Waals surface area contributed by atoms with Crippen LogP contribution in [0.3, 0.4) is 0 Å². The Morgan fingerprint density at radius 2 is 1.94 bits per heavy atom. The van der Waals surface area contributed by atoms with Gasteiger partial charge in [-0.2, -0.15) is 0 Å². The van der Waals surface area contributed by atoms with Gasteiger partial charge in [0, 0.05) is 28.1 Å². The number of hydrogen-bond acceptors (Lipinski definition) is 5. The summed E-state index contributed by atoms with van der Waals surface area (Å²) in [4.78, 5) is 12.8. The van der Waals surface area contributed by atoms with Crippen LogP contribution < -0.4 is 10.1 Å². The molecule has 0 fully saturated rings. The molecule has 3 heterocycles. The van der Waals surface area contributed by atoms with Crippen LogP contribution in [0, 0.1) is 25.5 Å². The largest absolute Gasteiger partial charge is 0.496 e. The number of ether oxygens (including phenoxy) is 1. The number of nitrogens with zero attached hydrogens (tertiary/aromatic N) is 2. The Labute approximate surface area is 193 Å². The fourth-order valence-electron chi connectivity index (χ4n) is 4.25. The third-order valence-electron chi connectivity index (χ3n) is 5.84. The topological polar surface area (TPSA) is 62.8 Å². The third-order valence-corrected chi connectivity index (χ3v) is 7.00. The molecule has 0 atom stereocenters. The van der Waals surface area contributed by atoms with Gasteiger partial charge in [-0.1, -0.05) is 6.07 Å². The summed E-state index contributed by atoms with van der Waals surface area (Å²) >= 11 is 1.48. The lowest BCUT2D eigenvalue weighted by molar-refractivity contribution is 0.415. The number of nitrogens with one attached hydrogen (secondary N) is 2. The normalized spacial score (nSPS) is 11.4. The molecular weight excluding hydrogens is 442 g/mol. The van der Waals surface area contributed by atoms with E-state index in [1.165, 1.54) is 35.9 Å². The van der Waals surface area contributed by atoms with Gasteiger partial charge in [0.15, 0.2) is 0 Å². The molecule has 5 aromatic rings. The molecule has 0 aliphatic rings. The van der Waals surface area contributed by atoms with Crippen molar-refractivity contribution in [1.29, 1.82) is 0 Å². The van der Waals surface area contributed by atoms with E-state index in [2.05, 4.69) is 20.3 Å². The Balaban J connectivity index is 1.43. The molecular formula is C25H22F2N4OS. The van der Waals surface area contributed by atoms with Gasteiger partial charge in [0.2, 0.25) is 0 Å². The van der Waals surface area contributed by atoms with Crippen LogP contribution in [0.1, 0.15) is 16.8 Å². The number of hydrogen-bond donors (Lipinski definition) is 2. The molecule has 0 aliphatic heterocycles. The molecule has 0 aliphatic carbocycles. The van der Waals surface area contributed by atoms with Crippen molar-refractivity contribution >= 4 is 38.3 Å². The van der Waals surface area contributed by atoms with Crippen molar-refractivity contribution in [1.82, 2.24) is 15.0 Å². The average Bonchev–Trinajstić information content (AvgIpc) is 3.39. The van der Waals surface area contributed by atoms with Crippen molar-refractivity contribution in [3.63, 3.8) is 0 Å². The van der Waals surface area contributed by atoms with Gasteiger partial charge < -0.3 is 15.0 Å². The van der Waals surface area contributed by atoms with E-state index in [1.807, 2.05) is 26.0 Å². The Morgan fingerprint density at radius 3 is 2.76 bits per heavy atom. The highest BCUT2D eigenvalue weighted by Crippen LogP contribution is 2.40. The lowest BCUT2D eigenvalue weighted by Gasteiger charge is -2.08. The first-order chi connectivity index (χ1) is 16.0. The zero-order valence-corrected chi connectivity index (χ0v) is 19.2. The number of methoxy groups -OCH3 is 1. The van der Waals surface area contributed by atoms with E-state index < -0.39 is 0 Å². The maximum atomic E-state index is 14.2. The van der Waals surface area contributed by atoms with Crippen LogP contribution in [0.5, 0.6) is 5.75 Å². The molecule has 8 heteroatoms. The molecule has 5 rings (SSSR count).